The first kappa shape index (κ1) is 11.2. The fraction of sp³-hybridized carbons (Fsp3) is 0.727. The third-order valence-corrected chi connectivity index (χ3v) is 2.55. The topological polar surface area (TPSA) is 49.3 Å². The predicted octanol–water partition coefficient (Wildman–Crippen LogP) is 1.94. The molecule has 80 valence electrons. The van der Waals surface area contributed by atoms with Crippen LogP contribution in [0.4, 0.5) is 0 Å². The van der Waals surface area contributed by atoms with Crippen molar-refractivity contribution in [3.05, 3.63) is 11.6 Å². The van der Waals surface area contributed by atoms with Crippen LogP contribution in [0.3, 0.4) is 0 Å². The number of rotatable bonds is 6. The van der Waals surface area contributed by atoms with Gasteiger partial charge in [0.15, 0.2) is 0 Å². The van der Waals surface area contributed by atoms with Gasteiger partial charge in [-0.3, -0.25) is 4.79 Å². The Kier molecular flexibility index (Phi) is 4.66. The van der Waals surface area contributed by atoms with Crippen molar-refractivity contribution < 1.29 is 9.90 Å². The Bertz CT molecular complexity index is 223. The van der Waals surface area contributed by atoms with Crippen molar-refractivity contribution in [2.45, 2.75) is 45.1 Å². The smallest absolute Gasteiger partial charge is 0.304 e. The van der Waals surface area contributed by atoms with Crippen LogP contribution in [-0.4, -0.2) is 23.7 Å². The Balaban J connectivity index is 2.05. The van der Waals surface area contributed by atoms with Gasteiger partial charge in [0.05, 0.1) is 6.42 Å². The maximum Gasteiger partial charge on any atom is 0.304 e. The zero-order valence-corrected chi connectivity index (χ0v) is 8.75. The lowest BCUT2D eigenvalue weighted by Crippen LogP contribution is -2.29. The number of carboxylic acid groups (broad SMARTS) is 1. The van der Waals surface area contributed by atoms with Crippen LogP contribution in [0.25, 0.3) is 0 Å². The standard InChI is InChI=1S/C11H19NO2/c1-9(8-11(13)14)12-7-6-10-4-2-3-5-10/h4,9,12H,2-3,5-8H2,1H3,(H,13,14). The number of nitrogens with one attached hydrogen (secondary N) is 1. The summed E-state index contributed by atoms with van der Waals surface area (Å²) in [5.41, 5.74) is 1.53. The minimum atomic E-state index is -0.731. The largest absolute Gasteiger partial charge is 0.481 e. The van der Waals surface area contributed by atoms with Crippen LogP contribution >= 0.6 is 0 Å². The van der Waals surface area contributed by atoms with Crippen molar-refractivity contribution in [3.8, 4) is 0 Å². The van der Waals surface area contributed by atoms with E-state index < -0.39 is 5.97 Å². The highest BCUT2D eigenvalue weighted by atomic mass is 16.4. The summed E-state index contributed by atoms with van der Waals surface area (Å²) in [5.74, 6) is -0.731. The van der Waals surface area contributed by atoms with Crippen molar-refractivity contribution in [2.24, 2.45) is 0 Å². The summed E-state index contributed by atoms with van der Waals surface area (Å²) in [5, 5.41) is 11.8. The molecule has 0 radical (unpaired) electrons. The molecular formula is C11H19NO2. The number of hydrogen-bond acceptors (Lipinski definition) is 2. The van der Waals surface area contributed by atoms with Crippen molar-refractivity contribution >= 4 is 5.97 Å². The molecule has 0 spiro atoms. The SMILES string of the molecule is CC(CC(=O)O)NCCC1=CCCC1. The lowest BCUT2D eigenvalue weighted by molar-refractivity contribution is -0.137. The van der Waals surface area contributed by atoms with E-state index in [-0.39, 0.29) is 12.5 Å². The Morgan fingerprint density at radius 1 is 1.71 bits per heavy atom. The van der Waals surface area contributed by atoms with Crippen LogP contribution in [0.2, 0.25) is 0 Å². The van der Waals surface area contributed by atoms with Gasteiger partial charge in [-0.05, 0) is 39.2 Å². The first-order valence-corrected chi connectivity index (χ1v) is 5.31. The summed E-state index contributed by atoms with van der Waals surface area (Å²) in [4.78, 5) is 10.4. The second-order valence-electron chi connectivity index (χ2n) is 3.96. The Morgan fingerprint density at radius 3 is 3.07 bits per heavy atom. The second-order valence-corrected chi connectivity index (χ2v) is 3.96. The van der Waals surface area contributed by atoms with E-state index in [1.165, 1.54) is 24.8 Å². The highest BCUT2D eigenvalue weighted by molar-refractivity contribution is 5.67. The highest BCUT2D eigenvalue weighted by Gasteiger charge is 2.07. The summed E-state index contributed by atoms with van der Waals surface area (Å²) in [6.07, 6.45) is 7.33. The molecule has 3 heteroatoms. The molecule has 1 rings (SSSR count). The molecule has 0 aromatic heterocycles. The number of carbonyl (C=O) groups is 1. The minimum absolute atomic E-state index is 0.0782. The van der Waals surface area contributed by atoms with Gasteiger partial charge in [0.25, 0.3) is 0 Å². The number of carboxylic acids is 1. The summed E-state index contributed by atoms with van der Waals surface area (Å²) >= 11 is 0. The molecule has 1 aliphatic carbocycles. The molecule has 0 fully saturated rings. The van der Waals surface area contributed by atoms with E-state index in [9.17, 15) is 4.79 Å². The number of aliphatic carboxylic acids is 1. The molecule has 14 heavy (non-hydrogen) atoms. The van der Waals surface area contributed by atoms with Gasteiger partial charge >= 0.3 is 5.97 Å². The number of hydrogen-bond donors (Lipinski definition) is 2. The molecule has 0 heterocycles. The Labute approximate surface area is 85.2 Å². The maximum absolute atomic E-state index is 10.4. The van der Waals surface area contributed by atoms with E-state index in [0.29, 0.717) is 0 Å². The van der Waals surface area contributed by atoms with Crippen molar-refractivity contribution in [3.63, 3.8) is 0 Å². The van der Waals surface area contributed by atoms with Gasteiger partial charge in [0.1, 0.15) is 0 Å². The van der Waals surface area contributed by atoms with E-state index in [2.05, 4.69) is 11.4 Å². The fourth-order valence-corrected chi connectivity index (χ4v) is 1.78. The molecule has 3 nitrogen and oxygen atoms in total. The van der Waals surface area contributed by atoms with Gasteiger partial charge in [-0.2, -0.15) is 0 Å². The van der Waals surface area contributed by atoms with E-state index in [1.807, 2.05) is 6.92 Å². The monoisotopic (exact) mass is 197 g/mol. The van der Waals surface area contributed by atoms with E-state index >= 15 is 0 Å². The molecule has 0 saturated carbocycles. The molecule has 1 unspecified atom stereocenters. The van der Waals surface area contributed by atoms with Gasteiger partial charge in [-0.15, -0.1) is 0 Å². The van der Waals surface area contributed by atoms with Crippen LogP contribution in [-0.2, 0) is 4.79 Å². The highest BCUT2D eigenvalue weighted by Crippen LogP contribution is 2.19. The van der Waals surface area contributed by atoms with Crippen LogP contribution in [0.15, 0.2) is 11.6 Å². The zero-order valence-electron chi connectivity index (χ0n) is 8.75. The molecule has 1 atom stereocenters. The first-order chi connectivity index (χ1) is 6.68. The average Bonchev–Trinajstić information content (AvgIpc) is 2.55. The van der Waals surface area contributed by atoms with E-state index in [0.717, 1.165) is 13.0 Å². The number of allylic oxidation sites excluding steroid dienone is 1. The van der Waals surface area contributed by atoms with Crippen molar-refractivity contribution in [1.29, 1.82) is 0 Å². The third kappa shape index (κ3) is 4.42. The average molecular weight is 197 g/mol. The van der Waals surface area contributed by atoms with Crippen molar-refractivity contribution in [1.82, 2.24) is 5.32 Å². The van der Waals surface area contributed by atoms with E-state index in [4.69, 9.17) is 5.11 Å². The normalized spacial score (nSPS) is 17.9. The molecule has 2 N–H and O–H groups in total. The lowest BCUT2D eigenvalue weighted by atomic mass is 10.1. The zero-order chi connectivity index (χ0) is 10.4. The predicted molar refractivity (Wildman–Crippen MR) is 56.3 cm³/mol. The van der Waals surface area contributed by atoms with Crippen LogP contribution in [0, 0.1) is 0 Å². The molecule has 0 aliphatic heterocycles. The Hall–Kier alpha value is -0.830. The Morgan fingerprint density at radius 2 is 2.50 bits per heavy atom. The molecular weight excluding hydrogens is 178 g/mol. The summed E-state index contributed by atoms with van der Waals surface area (Å²) < 4.78 is 0. The molecule has 0 aromatic rings. The summed E-state index contributed by atoms with van der Waals surface area (Å²) in [7, 11) is 0. The van der Waals surface area contributed by atoms with Gasteiger partial charge in [0, 0.05) is 6.04 Å². The fourth-order valence-electron chi connectivity index (χ4n) is 1.78. The first-order valence-electron chi connectivity index (χ1n) is 5.31. The molecule has 0 bridgehead atoms. The van der Waals surface area contributed by atoms with Crippen LogP contribution < -0.4 is 5.32 Å². The lowest BCUT2D eigenvalue weighted by Gasteiger charge is -2.11. The summed E-state index contributed by atoms with van der Waals surface area (Å²) in [6.45, 7) is 2.82. The van der Waals surface area contributed by atoms with E-state index in [1.54, 1.807) is 0 Å². The van der Waals surface area contributed by atoms with Crippen LogP contribution in [0.5, 0.6) is 0 Å². The summed E-state index contributed by atoms with van der Waals surface area (Å²) in [6, 6.07) is 0.0782. The third-order valence-electron chi connectivity index (χ3n) is 2.55. The van der Waals surface area contributed by atoms with Crippen LogP contribution in [0.1, 0.15) is 39.0 Å². The van der Waals surface area contributed by atoms with Gasteiger partial charge in [-0.25, -0.2) is 0 Å². The minimum Gasteiger partial charge on any atom is -0.481 e. The van der Waals surface area contributed by atoms with Gasteiger partial charge in [-0.1, -0.05) is 11.6 Å². The molecule has 1 aliphatic rings. The molecule has 0 aromatic carbocycles. The maximum atomic E-state index is 10.4. The molecule has 0 saturated heterocycles. The second kappa shape index (κ2) is 5.81. The van der Waals surface area contributed by atoms with Gasteiger partial charge < -0.3 is 10.4 Å². The van der Waals surface area contributed by atoms with Crippen molar-refractivity contribution in [2.75, 3.05) is 6.54 Å². The molecule has 0 amide bonds. The quantitative estimate of drug-likeness (QED) is 0.640. The van der Waals surface area contributed by atoms with Gasteiger partial charge in [0.2, 0.25) is 0 Å².